The van der Waals surface area contributed by atoms with Crippen molar-refractivity contribution in [2.45, 2.75) is 6.92 Å². The van der Waals surface area contributed by atoms with Crippen LogP contribution >= 0.6 is 0 Å². The van der Waals surface area contributed by atoms with Gasteiger partial charge < -0.3 is 10.6 Å². The molecule has 0 unspecified atom stereocenters. The van der Waals surface area contributed by atoms with Crippen LogP contribution in [0.25, 0.3) is 0 Å². The highest BCUT2D eigenvalue weighted by atomic mass is 16.2. The molecule has 0 fully saturated rings. The number of rotatable bonds is 2. The minimum atomic E-state index is -0.282. The fourth-order valence-corrected chi connectivity index (χ4v) is 1.29. The van der Waals surface area contributed by atoms with Crippen molar-refractivity contribution in [2.24, 2.45) is 0 Å². The van der Waals surface area contributed by atoms with Crippen LogP contribution in [0.4, 0.5) is 16.2 Å². The summed E-state index contributed by atoms with van der Waals surface area (Å²) in [5.74, 6) is 0. The van der Waals surface area contributed by atoms with Gasteiger partial charge in [-0.05, 0) is 19.1 Å². The zero-order chi connectivity index (χ0) is 11.4. The monoisotopic (exact) mass is 216 g/mol. The van der Waals surface area contributed by atoms with Crippen LogP contribution < -0.4 is 10.6 Å². The van der Waals surface area contributed by atoms with Gasteiger partial charge in [0.2, 0.25) is 0 Å². The predicted molar refractivity (Wildman–Crippen MR) is 62.4 cm³/mol. The van der Waals surface area contributed by atoms with E-state index in [4.69, 9.17) is 0 Å². The number of H-pyrrole nitrogens is 1. The van der Waals surface area contributed by atoms with Gasteiger partial charge in [-0.15, -0.1) is 0 Å². The van der Waals surface area contributed by atoms with Gasteiger partial charge in [0.05, 0.1) is 11.4 Å². The van der Waals surface area contributed by atoms with Gasteiger partial charge in [-0.3, -0.25) is 5.10 Å². The van der Waals surface area contributed by atoms with E-state index in [0.717, 1.165) is 11.4 Å². The first kappa shape index (κ1) is 10.2. The Morgan fingerprint density at radius 1 is 1.25 bits per heavy atom. The number of aryl methyl sites for hydroxylation is 1. The van der Waals surface area contributed by atoms with Crippen LogP contribution in [-0.4, -0.2) is 16.2 Å². The van der Waals surface area contributed by atoms with Crippen LogP contribution in [0, 0.1) is 6.92 Å². The van der Waals surface area contributed by atoms with Gasteiger partial charge in [0.25, 0.3) is 0 Å². The lowest BCUT2D eigenvalue weighted by atomic mass is 10.3. The Labute approximate surface area is 92.9 Å². The van der Waals surface area contributed by atoms with Gasteiger partial charge in [-0.25, -0.2) is 4.79 Å². The SMILES string of the molecule is Cc1n[nH]cc1NC(=O)Nc1ccccc1. The van der Waals surface area contributed by atoms with Gasteiger partial charge in [0.1, 0.15) is 0 Å². The number of hydrogen-bond acceptors (Lipinski definition) is 2. The van der Waals surface area contributed by atoms with Gasteiger partial charge in [-0.2, -0.15) is 5.10 Å². The first-order chi connectivity index (χ1) is 7.75. The van der Waals surface area contributed by atoms with Crippen molar-refractivity contribution in [3.63, 3.8) is 0 Å². The Balaban J connectivity index is 1.98. The number of amides is 2. The quantitative estimate of drug-likeness (QED) is 0.721. The van der Waals surface area contributed by atoms with E-state index >= 15 is 0 Å². The molecule has 5 heteroatoms. The van der Waals surface area contributed by atoms with Crippen molar-refractivity contribution >= 4 is 17.4 Å². The Hall–Kier alpha value is -2.30. The molecule has 2 amide bonds. The minimum Gasteiger partial charge on any atom is -0.308 e. The van der Waals surface area contributed by atoms with E-state index in [2.05, 4.69) is 20.8 Å². The molecule has 1 heterocycles. The number of aromatic amines is 1. The van der Waals surface area contributed by atoms with Crippen LogP contribution in [0.15, 0.2) is 36.5 Å². The topological polar surface area (TPSA) is 69.8 Å². The number of aromatic nitrogens is 2. The molecule has 0 atom stereocenters. The standard InChI is InChI=1S/C11H12N4O/c1-8-10(7-12-15-8)14-11(16)13-9-5-3-2-4-6-9/h2-7H,1H3,(H,12,15)(H2,13,14,16). The second-order valence-corrected chi connectivity index (χ2v) is 3.33. The summed E-state index contributed by atoms with van der Waals surface area (Å²) in [6, 6.07) is 8.97. The molecule has 5 nitrogen and oxygen atoms in total. The molecule has 2 rings (SSSR count). The molecule has 1 aromatic heterocycles. The van der Waals surface area contributed by atoms with Crippen LogP contribution in [0.3, 0.4) is 0 Å². The number of hydrogen-bond donors (Lipinski definition) is 3. The summed E-state index contributed by atoms with van der Waals surface area (Å²) in [7, 11) is 0. The van der Waals surface area contributed by atoms with Gasteiger partial charge >= 0.3 is 6.03 Å². The molecule has 2 aromatic rings. The van der Waals surface area contributed by atoms with Crippen molar-refractivity contribution in [3.05, 3.63) is 42.2 Å². The Morgan fingerprint density at radius 2 is 2.00 bits per heavy atom. The molecule has 0 saturated carbocycles. The van der Waals surface area contributed by atoms with Crippen LogP contribution in [0.5, 0.6) is 0 Å². The number of urea groups is 1. The minimum absolute atomic E-state index is 0.282. The Bertz CT molecular complexity index is 478. The predicted octanol–water partition coefficient (Wildman–Crippen LogP) is 2.36. The van der Waals surface area contributed by atoms with Crippen LogP contribution in [0.2, 0.25) is 0 Å². The number of carbonyl (C=O) groups is 1. The van der Waals surface area contributed by atoms with Gasteiger partial charge in [0.15, 0.2) is 0 Å². The summed E-state index contributed by atoms with van der Waals surface area (Å²) in [6.07, 6.45) is 1.64. The maximum absolute atomic E-state index is 11.6. The molecule has 82 valence electrons. The van der Waals surface area contributed by atoms with Crippen molar-refractivity contribution in [3.8, 4) is 0 Å². The summed E-state index contributed by atoms with van der Waals surface area (Å²) < 4.78 is 0. The van der Waals surface area contributed by atoms with Gasteiger partial charge in [-0.1, -0.05) is 18.2 Å². The third-order valence-electron chi connectivity index (χ3n) is 2.11. The number of benzene rings is 1. The number of nitrogens with zero attached hydrogens (tertiary/aromatic N) is 1. The normalized spacial score (nSPS) is 9.81. The highest BCUT2D eigenvalue weighted by Gasteiger charge is 2.05. The second-order valence-electron chi connectivity index (χ2n) is 3.33. The molecule has 0 bridgehead atoms. The fraction of sp³-hybridized carbons (Fsp3) is 0.0909. The molecule has 0 aliphatic rings. The average molecular weight is 216 g/mol. The number of para-hydroxylation sites is 1. The number of anilines is 2. The zero-order valence-electron chi connectivity index (χ0n) is 8.82. The van der Waals surface area contributed by atoms with Crippen LogP contribution in [0.1, 0.15) is 5.69 Å². The summed E-state index contributed by atoms with van der Waals surface area (Å²) in [5.41, 5.74) is 2.18. The molecule has 0 spiro atoms. The highest BCUT2D eigenvalue weighted by Crippen LogP contribution is 2.11. The van der Waals surface area contributed by atoms with E-state index < -0.39 is 0 Å². The van der Waals surface area contributed by atoms with Crippen LogP contribution in [-0.2, 0) is 0 Å². The smallest absolute Gasteiger partial charge is 0.308 e. The summed E-state index contributed by atoms with van der Waals surface area (Å²) in [4.78, 5) is 11.6. The first-order valence-electron chi connectivity index (χ1n) is 4.89. The molecular formula is C11H12N4O. The maximum atomic E-state index is 11.6. The van der Waals surface area contributed by atoms with E-state index in [1.807, 2.05) is 37.3 Å². The Kier molecular flexibility index (Phi) is 2.86. The molecule has 0 aliphatic heterocycles. The molecule has 0 radical (unpaired) electrons. The zero-order valence-corrected chi connectivity index (χ0v) is 8.82. The molecule has 0 aliphatic carbocycles. The van der Waals surface area contributed by atoms with Crippen molar-refractivity contribution in [1.82, 2.24) is 10.2 Å². The summed E-state index contributed by atoms with van der Waals surface area (Å²) in [6.45, 7) is 1.81. The van der Waals surface area contributed by atoms with E-state index in [9.17, 15) is 4.79 Å². The van der Waals surface area contributed by atoms with E-state index in [1.165, 1.54) is 0 Å². The van der Waals surface area contributed by atoms with Crippen molar-refractivity contribution in [1.29, 1.82) is 0 Å². The number of carbonyl (C=O) groups excluding carboxylic acids is 1. The third kappa shape index (κ3) is 2.38. The third-order valence-corrected chi connectivity index (χ3v) is 2.11. The lowest BCUT2D eigenvalue weighted by Gasteiger charge is -2.05. The molecule has 1 aromatic carbocycles. The van der Waals surface area contributed by atoms with Gasteiger partial charge in [0, 0.05) is 11.9 Å². The van der Waals surface area contributed by atoms with E-state index in [0.29, 0.717) is 5.69 Å². The number of nitrogens with one attached hydrogen (secondary N) is 3. The lowest BCUT2D eigenvalue weighted by Crippen LogP contribution is -2.19. The average Bonchev–Trinajstić information content (AvgIpc) is 2.66. The van der Waals surface area contributed by atoms with Crippen molar-refractivity contribution < 1.29 is 4.79 Å². The maximum Gasteiger partial charge on any atom is 0.323 e. The summed E-state index contributed by atoms with van der Waals surface area (Å²) >= 11 is 0. The molecular weight excluding hydrogens is 204 g/mol. The molecule has 16 heavy (non-hydrogen) atoms. The molecule has 3 N–H and O–H groups in total. The van der Waals surface area contributed by atoms with E-state index in [-0.39, 0.29) is 6.03 Å². The first-order valence-corrected chi connectivity index (χ1v) is 4.89. The largest absolute Gasteiger partial charge is 0.323 e. The fourth-order valence-electron chi connectivity index (χ4n) is 1.29. The second kappa shape index (κ2) is 4.48. The highest BCUT2D eigenvalue weighted by molar-refractivity contribution is 5.99. The molecule has 0 saturated heterocycles. The lowest BCUT2D eigenvalue weighted by molar-refractivity contribution is 0.262. The summed E-state index contributed by atoms with van der Waals surface area (Å²) in [5, 5.41) is 12.0. The van der Waals surface area contributed by atoms with E-state index in [1.54, 1.807) is 6.20 Å². The van der Waals surface area contributed by atoms with Crippen molar-refractivity contribution in [2.75, 3.05) is 10.6 Å². The Morgan fingerprint density at radius 3 is 2.62 bits per heavy atom.